The van der Waals surface area contributed by atoms with Crippen molar-refractivity contribution in [2.75, 3.05) is 0 Å². The van der Waals surface area contributed by atoms with Gasteiger partial charge in [-0.1, -0.05) is 19.9 Å². The van der Waals surface area contributed by atoms with Gasteiger partial charge in [0.1, 0.15) is 6.10 Å². The smallest absolute Gasteiger partial charge is 0.330 e. The molecule has 0 aromatic carbocycles. The highest BCUT2D eigenvalue weighted by atomic mass is 16.5. The Hall–Kier alpha value is -0.790. The zero-order valence-corrected chi connectivity index (χ0v) is 8.45. The lowest BCUT2D eigenvalue weighted by Gasteiger charge is -2.18. The number of carbonyl (C=O) groups is 1. The molecule has 1 aliphatic rings. The average Bonchev–Trinajstić information content (AvgIpc) is 2.51. The fraction of sp³-hybridized carbons (Fsp3) is 0.727. The molecule has 74 valence electrons. The van der Waals surface area contributed by atoms with E-state index >= 15 is 0 Å². The van der Waals surface area contributed by atoms with Crippen LogP contribution in [0.1, 0.15) is 33.1 Å². The minimum atomic E-state index is -0.299. The Labute approximate surface area is 80.0 Å². The lowest BCUT2D eigenvalue weighted by Crippen LogP contribution is -2.21. The normalized spacial score (nSPS) is 29.7. The van der Waals surface area contributed by atoms with Gasteiger partial charge in [0.15, 0.2) is 0 Å². The van der Waals surface area contributed by atoms with Crippen molar-refractivity contribution in [2.24, 2.45) is 11.8 Å². The molecule has 0 aliphatic heterocycles. The molecule has 0 amide bonds. The first-order valence-electron chi connectivity index (χ1n) is 4.96. The Balaban J connectivity index is 2.35. The van der Waals surface area contributed by atoms with Crippen LogP contribution in [0.3, 0.4) is 0 Å². The largest absolute Gasteiger partial charge is 0.459 e. The monoisotopic (exact) mass is 182 g/mol. The standard InChI is InChI=1S/C11H18O2/c1-4-11(12)13-9(3)10-6-5-8(2)7-10/h4,8-10H,1,5-7H2,2-3H3. The van der Waals surface area contributed by atoms with Crippen LogP contribution in [-0.4, -0.2) is 12.1 Å². The van der Waals surface area contributed by atoms with Crippen LogP contribution in [-0.2, 0) is 9.53 Å². The lowest BCUT2D eigenvalue weighted by atomic mass is 10.0. The van der Waals surface area contributed by atoms with E-state index < -0.39 is 0 Å². The molecule has 2 nitrogen and oxygen atoms in total. The molecule has 3 atom stereocenters. The van der Waals surface area contributed by atoms with E-state index in [4.69, 9.17) is 4.74 Å². The van der Waals surface area contributed by atoms with Crippen LogP contribution in [0.4, 0.5) is 0 Å². The second kappa shape index (κ2) is 4.45. The van der Waals surface area contributed by atoms with Gasteiger partial charge in [0.25, 0.3) is 0 Å². The molecular weight excluding hydrogens is 164 g/mol. The van der Waals surface area contributed by atoms with Crippen molar-refractivity contribution >= 4 is 5.97 Å². The summed E-state index contributed by atoms with van der Waals surface area (Å²) >= 11 is 0. The third-order valence-corrected chi connectivity index (χ3v) is 2.87. The van der Waals surface area contributed by atoms with E-state index in [0.717, 1.165) is 5.92 Å². The molecule has 1 aliphatic carbocycles. The molecule has 0 aromatic heterocycles. The third-order valence-electron chi connectivity index (χ3n) is 2.87. The van der Waals surface area contributed by atoms with Crippen LogP contribution in [0.15, 0.2) is 12.7 Å². The van der Waals surface area contributed by atoms with Crippen LogP contribution < -0.4 is 0 Å². The van der Waals surface area contributed by atoms with Gasteiger partial charge in [0.05, 0.1) is 0 Å². The van der Waals surface area contributed by atoms with Crippen molar-refractivity contribution in [3.05, 3.63) is 12.7 Å². The molecule has 0 aromatic rings. The van der Waals surface area contributed by atoms with Gasteiger partial charge in [-0.3, -0.25) is 0 Å². The van der Waals surface area contributed by atoms with E-state index in [2.05, 4.69) is 13.5 Å². The molecule has 0 heterocycles. The fourth-order valence-corrected chi connectivity index (χ4v) is 2.01. The second-order valence-corrected chi connectivity index (χ2v) is 4.02. The lowest BCUT2D eigenvalue weighted by molar-refractivity contribution is -0.144. The minimum absolute atomic E-state index is 0.0513. The van der Waals surface area contributed by atoms with Gasteiger partial charge in [-0.15, -0.1) is 0 Å². The Morgan fingerprint density at radius 3 is 2.77 bits per heavy atom. The number of esters is 1. The number of ether oxygens (including phenoxy) is 1. The maximum atomic E-state index is 10.9. The summed E-state index contributed by atoms with van der Waals surface area (Å²) in [5, 5.41) is 0. The van der Waals surface area contributed by atoms with Gasteiger partial charge in [-0.25, -0.2) is 4.79 Å². The van der Waals surface area contributed by atoms with Crippen LogP contribution in [0.5, 0.6) is 0 Å². The molecular formula is C11H18O2. The topological polar surface area (TPSA) is 26.3 Å². The van der Waals surface area contributed by atoms with Gasteiger partial charge < -0.3 is 4.74 Å². The molecule has 0 radical (unpaired) electrons. The van der Waals surface area contributed by atoms with E-state index in [9.17, 15) is 4.79 Å². The van der Waals surface area contributed by atoms with Crippen molar-refractivity contribution in [1.29, 1.82) is 0 Å². The van der Waals surface area contributed by atoms with Crippen molar-refractivity contribution < 1.29 is 9.53 Å². The Bertz CT molecular complexity index is 198. The zero-order chi connectivity index (χ0) is 9.84. The molecule has 0 N–H and O–H groups in total. The summed E-state index contributed by atoms with van der Waals surface area (Å²) in [4.78, 5) is 10.9. The summed E-state index contributed by atoms with van der Waals surface area (Å²) in [5.41, 5.74) is 0. The van der Waals surface area contributed by atoms with Crippen molar-refractivity contribution in [2.45, 2.75) is 39.2 Å². The van der Waals surface area contributed by atoms with Crippen LogP contribution in [0, 0.1) is 11.8 Å². The molecule has 3 unspecified atom stereocenters. The summed E-state index contributed by atoms with van der Waals surface area (Å²) < 4.78 is 5.17. The number of hydrogen-bond acceptors (Lipinski definition) is 2. The summed E-state index contributed by atoms with van der Waals surface area (Å²) in [6.45, 7) is 7.61. The second-order valence-electron chi connectivity index (χ2n) is 4.02. The summed E-state index contributed by atoms with van der Waals surface area (Å²) in [5.74, 6) is 1.04. The zero-order valence-electron chi connectivity index (χ0n) is 8.45. The molecule has 0 saturated heterocycles. The van der Waals surface area contributed by atoms with Crippen molar-refractivity contribution in [3.63, 3.8) is 0 Å². The van der Waals surface area contributed by atoms with Crippen LogP contribution in [0.2, 0.25) is 0 Å². The summed E-state index contributed by atoms with van der Waals surface area (Å²) in [6.07, 6.45) is 4.92. The first kappa shape index (κ1) is 10.3. The highest BCUT2D eigenvalue weighted by Gasteiger charge is 2.27. The van der Waals surface area contributed by atoms with Gasteiger partial charge in [-0.2, -0.15) is 0 Å². The first-order chi connectivity index (χ1) is 6.13. The minimum Gasteiger partial charge on any atom is -0.459 e. The molecule has 0 bridgehead atoms. The van der Waals surface area contributed by atoms with Gasteiger partial charge in [0.2, 0.25) is 0 Å². The van der Waals surface area contributed by atoms with Crippen molar-refractivity contribution in [3.8, 4) is 0 Å². The van der Waals surface area contributed by atoms with E-state index in [1.807, 2.05) is 6.92 Å². The Kier molecular flexibility index (Phi) is 3.52. The van der Waals surface area contributed by atoms with Crippen LogP contribution in [0.25, 0.3) is 0 Å². The summed E-state index contributed by atoms with van der Waals surface area (Å²) in [6, 6.07) is 0. The highest BCUT2D eigenvalue weighted by molar-refractivity contribution is 5.81. The fourth-order valence-electron chi connectivity index (χ4n) is 2.01. The number of carbonyl (C=O) groups excluding carboxylic acids is 1. The maximum Gasteiger partial charge on any atom is 0.330 e. The molecule has 2 heteroatoms. The summed E-state index contributed by atoms with van der Waals surface area (Å²) in [7, 11) is 0. The molecule has 0 spiro atoms. The highest BCUT2D eigenvalue weighted by Crippen LogP contribution is 2.33. The molecule has 1 fully saturated rings. The molecule has 13 heavy (non-hydrogen) atoms. The molecule has 1 rings (SSSR count). The third kappa shape index (κ3) is 2.87. The first-order valence-corrected chi connectivity index (χ1v) is 4.96. The predicted octanol–water partition coefficient (Wildman–Crippen LogP) is 2.54. The van der Waals surface area contributed by atoms with Gasteiger partial charge in [0, 0.05) is 6.08 Å². The average molecular weight is 182 g/mol. The van der Waals surface area contributed by atoms with Gasteiger partial charge >= 0.3 is 5.97 Å². The maximum absolute atomic E-state index is 10.9. The van der Waals surface area contributed by atoms with Crippen molar-refractivity contribution in [1.82, 2.24) is 0 Å². The van der Waals surface area contributed by atoms with Gasteiger partial charge in [-0.05, 0) is 31.6 Å². The van der Waals surface area contributed by atoms with E-state index in [0.29, 0.717) is 5.92 Å². The number of rotatable bonds is 3. The Morgan fingerprint density at radius 2 is 2.31 bits per heavy atom. The predicted molar refractivity (Wildman–Crippen MR) is 52.3 cm³/mol. The van der Waals surface area contributed by atoms with E-state index in [1.54, 1.807) is 0 Å². The van der Waals surface area contributed by atoms with E-state index in [-0.39, 0.29) is 12.1 Å². The van der Waals surface area contributed by atoms with Crippen LogP contribution >= 0.6 is 0 Å². The Morgan fingerprint density at radius 1 is 1.62 bits per heavy atom. The quantitative estimate of drug-likeness (QED) is 0.495. The van der Waals surface area contributed by atoms with E-state index in [1.165, 1.54) is 25.3 Å². The SMILES string of the molecule is C=CC(=O)OC(C)C1CCC(C)C1. The number of hydrogen-bond donors (Lipinski definition) is 0. The molecule has 1 saturated carbocycles.